The molecule has 3 rings (SSSR count). The lowest BCUT2D eigenvalue weighted by Crippen LogP contribution is -2.42. The number of hydrogen-bond acceptors (Lipinski definition) is 4. The van der Waals surface area contributed by atoms with Crippen LogP contribution < -0.4 is 10.1 Å². The summed E-state index contributed by atoms with van der Waals surface area (Å²) in [5.74, 6) is -0.0395. The molecule has 0 spiro atoms. The number of carboxylic acids is 1. The van der Waals surface area contributed by atoms with Crippen molar-refractivity contribution in [1.29, 1.82) is 0 Å². The van der Waals surface area contributed by atoms with Gasteiger partial charge in [-0.05, 0) is 56.3 Å². The number of rotatable bonds is 6. The second kappa shape index (κ2) is 6.12. The number of hydrogen-bond donors (Lipinski definition) is 2. The van der Waals surface area contributed by atoms with Crippen LogP contribution >= 0.6 is 0 Å². The van der Waals surface area contributed by atoms with Gasteiger partial charge in [0, 0.05) is 12.5 Å². The van der Waals surface area contributed by atoms with Gasteiger partial charge in [-0.25, -0.2) is 4.79 Å². The highest BCUT2D eigenvalue weighted by Gasteiger charge is 2.64. The Morgan fingerprint density at radius 2 is 1.96 bits per heavy atom. The highest BCUT2D eigenvalue weighted by molar-refractivity contribution is 5.92. The van der Waals surface area contributed by atoms with Crippen LogP contribution in [0.1, 0.15) is 36.4 Å². The van der Waals surface area contributed by atoms with Gasteiger partial charge in [-0.1, -0.05) is 0 Å². The van der Waals surface area contributed by atoms with Crippen LogP contribution in [0.5, 0.6) is 5.75 Å². The van der Waals surface area contributed by atoms with Gasteiger partial charge in [0.2, 0.25) is 5.91 Å². The number of amides is 1. The molecule has 2 N–H and O–H groups in total. The molecular weight excluding hydrogens is 322 g/mol. The normalized spacial score (nSPS) is 24.9. The topological polar surface area (TPSA) is 88.8 Å². The van der Waals surface area contributed by atoms with Crippen molar-refractivity contribution < 1.29 is 23.8 Å². The average Bonchev–Trinajstić information content (AvgIpc) is 2.93. The minimum absolute atomic E-state index is 0.201. The Hall–Kier alpha value is -3.02. The third-order valence-electron chi connectivity index (χ3n) is 4.52. The Kier molecular flexibility index (Phi) is 4.12. The van der Waals surface area contributed by atoms with E-state index in [1.54, 1.807) is 36.6 Å². The van der Waals surface area contributed by atoms with E-state index in [2.05, 4.69) is 5.32 Å². The smallest absolute Gasteiger partial charge is 0.335 e. The van der Waals surface area contributed by atoms with E-state index in [4.69, 9.17) is 14.3 Å². The fourth-order valence-electron chi connectivity index (χ4n) is 2.74. The Morgan fingerprint density at radius 1 is 1.24 bits per heavy atom. The summed E-state index contributed by atoms with van der Waals surface area (Å²) in [4.78, 5) is 23.0. The molecule has 1 fully saturated rings. The van der Waals surface area contributed by atoms with Gasteiger partial charge in [0.05, 0.1) is 17.4 Å². The summed E-state index contributed by atoms with van der Waals surface area (Å²) in [5.41, 5.74) is -0.845. The molecule has 1 aromatic heterocycles. The predicted octanol–water partition coefficient (Wildman–Crippen LogP) is 3.11. The molecule has 0 radical (unpaired) electrons. The van der Waals surface area contributed by atoms with Crippen molar-refractivity contribution in [3.8, 4) is 5.75 Å². The fourth-order valence-corrected chi connectivity index (χ4v) is 2.74. The van der Waals surface area contributed by atoms with Crippen LogP contribution in [-0.4, -0.2) is 28.1 Å². The van der Waals surface area contributed by atoms with Gasteiger partial charge in [-0.3, -0.25) is 4.79 Å². The first-order chi connectivity index (χ1) is 11.8. The number of furan rings is 1. The summed E-state index contributed by atoms with van der Waals surface area (Å²) < 4.78 is 11.1. The van der Waals surface area contributed by atoms with Crippen LogP contribution in [0, 0.1) is 0 Å². The third-order valence-corrected chi connectivity index (χ3v) is 4.52. The maximum Gasteiger partial charge on any atom is 0.335 e. The molecule has 1 aromatic carbocycles. The molecule has 0 aliphatic heterocycles. The highest BCUT2D eigenvalue weighted by Crippen LogP contribution is 2.50. The maximum atomic E-state index is 12.1. The van der Waals surface area contributed by atoms with Crippen molar-refractivity contribution in [2.24, 2.45) is 0 Å². The molecule has 6 nitrogen and oxygen atoms in total. The summed E-state index contributed by atoms with van der Waals surface area (Å²) in [7, 11) is 0. The first kappa shape index (κ1) is 16.8. The van der Waals surface area contributed by atoms with E-state index >= 15 is 0 Å². The van der Waals surface area contributed by atoms with E-state index in [1.807, 2.05) is 13.8 Å². The summed E-state index contributed by atoms with van der Waals surface area (Å²) in [6.07, 6.45) is 5.22. The molecule has 1 amide bonds. The van der Waals surface area contributed by atoms with Crippen LogP contribution in [0.3, 0.4) is 0 Å². The predicted molar refractivity (Wildman–Crippen MR) is 91.3 cm³/mol. The summed E-state index contributed by atoms with van der Waals surface area (Å²) in [5, 5.41) is 11.9. The highest BCUT2D eigenvalue weighted by atomic mass is 16.5. The second-order valence-corrected chi connectivity index (χ2v) is 6.51. The van der Waals surface area contributed by atoms with E-state index in [9.17, 15) is 9.59 Å². The van der Waals surface area contributed by atoms with Crippen LogP contribution in [-0.2, 0) is 4.79 Å². The average molecular weight is 341 g/mol. The molecule has 0 bridgehead atoms. The van der Waals surface area contributed by atoms with Gasteiger partial charge in [-0.15, -0.1) is 0 Å². The van der Waals surface area contributed by atoms with Crippen molar-refractivity contribution in [3.05, 3.63) is 60.1 Å². The van der Waals surface area contributed by atoms with Gasteiger partial charge in [0.1, 0.15) is 17.1 Å². The molecule has 2 unspecified atom stereocenters. The Labute approximate surface area is 145 Å². The first-order valence-electron chi connectivity index (χ1n) is 7.87. The molecule has 1 aliphatic carbocycles. The first-order valence-corrected chi connectivity index (χ1v) is 7.87. The van der Waals surface area contributed by atoms with Crippen molar-refractivity contribution in [3.63, 3.8) is 0 Å². The number of nitrogens with one attached hydrogen (secondary N) is 1. The molecule has 1 saturated carbocycles. The van der Waals surface area contributed by atoms with E-state index in [-0.39, 0.29) is 11.5 Å². The van der Waals surface area contributed by atoms with E-state index < -0.39 is 17.1 Å². The lowest BCUT2D eigenvalue weighted by molar-refractivity contribution is -0.117. The minimum Gasteiger partial charge on any atom is -0.485 e. The Morgan fingerprint density at radius 3 is 2.56 bits per heavy atom. The summed E-state index contributed by atoms with van der Waals surface area (Å²) >= 11 is 0. The molecule has 2 aromatic rings. The quantitative estimate of drug-likeness (QED) is 0.788. The standard InChI is InChI=1S/C19H19NO5/c1-18(20-16(21)10-9-14-4-3-11-24-14)12-19(18,2)25-15-7-5-13(6-8-15)17(22)23/h3-11H,12H2,1-2H3,(H,20,21)(H,22,23)/b10-9+. The number of carbonyl (C=O) groups excluding carboxylic acids is 1. The van der Waals surface area contributed by atoms with E-state index in [0.29, 0.717) is 17.9 Å². The van der Waals surface area contributed by atoms with Gasteiger partial charge in [0.25, 0.3) is 0 Å². The van der Waals surface area contributed by atoms with Gasteiger partial charge >= 0.3 is 5.97 Å². The van der Waals surface area contributed by atoms with Crippen LogP contribution in [0.2, 0.25) is 0 Å². The van der Waals surface area contributed by atoms with Crippen molar-refractivity contribution >= 4 is 18.0 Å². The Balaban J connectivity index is 1.60. The SMILES string of the molecule is CC1(NC(=O)/C=C/c2ccco2)CC1(C)Oc1ccc(C(=O)O)cc1. The zero-order chi connectivity index (χ0) is 18.1. The third kappa shape index (κ3) is 3.57. The molecule has 6 heteroatoms. The number of benzene rings is 1. The van der Waals surface area contributed by atoms with Crippen LogP contribution in [0.25, 0.3) is 6.08 Å². The molecule has 0 saturated heterocycles. The van der Waals surface area contributed by atoms with Crippen molar-refractivity contribution in [2.45, 2.75) is 31.4 Å². The van der Waals surface area contributed by atoms with Crippen molar-refractivity contribution in [1.82, 2.24) is 5.32 Å². The summed E-state index contributed by atoms with van der Waals surface area (Å²) in [6, 6.07) is 9.73. The van der Waals surface area contributed by atoms with Crippen molar-refractivity contribution in [2.75, 3.05) is 0 Å². The lowest BCUT2D eigenvalue weighted by Gasteiger charge is -2.21. The monoisotopic (exact) mass is 341 g/mol. The lowest BCUT2D eigenvalue weighted by atomic mass is 10.2. The molecule has 25 heavy (non-hydrogen) atoms. The van der Waals surface area contributed by atoms with Gasteiger partial charge < -0.3 is 19.6 Å². The molecule has 2 atom stereocenters. The number of aromatic carboxylic acids is 1. The molecule has 130 valence electrons. The zero-order valence-corrected chi connectivity index (χ0v) is 14.0. The largest absolute Gasteiger partial charge is 0.485 e. The van der Waals surface area contributed by atoms with Gasteiger partial charge in [-0.2, -0.15) is 0 Å². The second-order valence-electron chi connectivity index (χ2n) is 6.51. The minimum atomic E-state index is -0.982. The van der Waals surface area contributed by atoms with Crippen LogP contribution in [0.15, 0.2) is 53.2 Å². The number of carboxylic acid groups (broad SMARTS) is 1. The van der Waals surface area contributed by atoms with Crippen LogP contribution in [0.4, 0.5) is 0 Å². The number of carbonyl (C=O) groups is 2. The van der Waals surface area contributed by atoms with Gasteiger partial charge in [0.15, 0.2) is 0 Å². The number of ether oxygens (including phenoxy) is 1. The summed E-state index contributed by atoms with van der Waals surface area (Å²) in [6.45, 7) is 3.83. The van der Waals surface area contributed by atoms with E-state index in [0.717, 1.165) is 0 Å². The molecule has 1 heterocycles. The van der Waals surface area contributed by atoms with E-state index in [1.165, 1.54) is 18.2 Å². The Bertz CT molecular complexity index is 809. The molecule has 1 aliphatic rings. The zero-order valence-electron chi connectivity index (χ0n) is 14.0. The maximum absolute atomic E-state index is 12.1. The fraction of sp³-hybridized carbons (Fsp3) is 0.263. The molecular formula is C19H19NO5.